The molecule has 1 aliphatic heterocycles. The number of rotatable bonds is 4. The largest absolute Gasteiger partial charge is 0.338 e. The van der Waals surface area contributed by atoms with E-state index in [2.05, 4.69) is 10.4 Å². The van der Waals surface area contributed by atoms with Crippen LogP contribution in [0.4, 0.5) is 5.82 Å². The van der Waals surface area contributed by atoms with Gasteiger partial charge in [-0.15, -0.1) is 0 Å². The van der Waals surface area contributed by atoms with E-state index in [0.29, 0.717) is 16.9 Å². The van der Waals surface area contributed by atoms with E-state index in [9.17, 15) is 9.59 Å². The molecule has 1 aliphatic rings. The van der Waals surface area contributed by atoms with E-state index in [1.54, 1.807) is 16.9 Å². The number of likely N-dealkylation sites (tertiary alicyclic amines) is 1. The van der Waals surface area contributed by atoms with E-state index < -0.39 is 0 Å². The van der Waals surface area contributed by atoms with E-state index in [0.717, 1.165) is 43.6 Å². The van der Waals surface area contributed by atoms with Crippen LogP contribution in [0.25, 0.3) is 5.69 Å². The first-order chi connectivity index (χ1) is 14.1. The molecule has 2 heterocycles. The molecule has 6 nitrogen and oxygen atoms in total. The highest BCUT2D eigenvalue weighted by Gasteiger charge is 2.26. The number of para-hydroxylation sites is 1. The molecular weight excluding hydrogens is 364 g/mol. The molecule has 148 valence electrons. The van der Waals surface area contributed by atoms with E-state index in [1.165, 1.54) is 0 Å². The quantitative estimate of drug-likeness (QED) is 0.733. The van der Waals surface area contributed by atoms with Gasteiger partial charge in [0.05, 0.1) is 11.9 Å². The van der Waals surface area contributed by atoms with E-state index in [-0.39, 0.29) is 11.8 Å². The van der Waals surface area contributed by atoms with Gasteiger partial charge < -0.3 is 10.2 Å². The van der Waals surface area contributed by atoms with Crippen molar-refractivity contribution in [2.75, 3.05) is 18.4 Å². The molecule has 4 rings (SSSR count). The van der Waals surface area contributed by atoms with E-state index in [4.69, 9.17) is 0 Å². The fourth-order valence-electron chi connectivity index (χ4n) is 3.62. The van der Waals surface area contributed by atoms with Gasteiger partial charge in [0.25, 0.3) is 11.8 Å². The standard InChI is InChI=1S/C23H24N4O2/c1-17-9-8-10-18(15-17)22(28)25-21-20(23(29)26-13-6-3-7-14-26)16-24-27(21)19-11-4-2-5-12-19/h2,4-5,8-12,15-16H,3,6-7,13-14H2,1H3,(H,25,28). The van der Waals surface area contributed by atoms with E-state index in [1.807, 2.05) is 60.4 Å². The van der Waals surface area contributed by atoms with Gasteiger partial charge in [-0.2, -0.15) is 5.10 Å². The third kappa shape index (κ3) is 4.06. The molecule has 0 radical (unpaired) electrons. The topological polar surface area (TPSA) is 67.2 Å². The fourth-order valence-corrected chi connectivity index (χ4v) is 3.62. The van der Waals surface area contributed by atoms with Crippen LogP contribution in [0.15, 0.2) is 60.8 Å². The number of hydrogen-bond acceptors (Lipinski definition) is 3. The van der Waals surface area contributed by atoms with Crippen LogP contribution >= 0.6 is 0 Å². The molecule has 1 aromatic heterocycles. The number of hydrogen-bond donors (Lipinski definition) is 1. The number of amides is 2. The van der Waals surface area contributed by atoms with Crippen molar-refractivity contribution in [3.63, 3.8) is 0 Å². The third-order valence-electron chi connectivity index (χ3n) is 5.16. The summed E-state index contributed by atoms with van der Waals surface area (Å²) in [4.78, 5) is 27.9. The van der Waals surface area contributed by atoms with Gasteiger partial charge in [0.1, 0.15) is 11.4 Å². The van der Waals surface area contributed by atoms with Crippen LogP contribution in [0.1, 0.15) is 45.5 Å². The first-order valence-electron chi connectivity index (χ1n) is 9.94. The molecule has 1 fully saturated rings. The number of aromatic nitrogens is 2. The van der Waals surface area contributed by atoms with Gasteiger partial charge in [-0.05, 0) is 50.5 Å². The maximum absolute atomic E-state index is 13.2. The lowest BCUT2D eigenvalue weighted by atomic mass is 10.1. The second kappa shape index (κ2) is 8.31. The molecule has 1 N–H and O–H groups in total. The van der Waals surface area contributed by atoms with Gasteiger partial charge in [0.2, 0.25) is 0 Å². The molecule has 29 heavy (non-hydrogen) atoms. The summed E-state index contributed by atoms with van der Waals surface area (Å²) < 4.78 is 1.62. The van der Waals surface area contributed by atoms with Crippen LogP contribution in [0.3, 0.4) is 0 Å². The normalized spacial score (nSPS) is 13.9. The second-order valence-corrected chi connectivity index (χ2v) is 7.33. The predicted molar refractivity (Wildman–Crippen MR) is 112 cm³/mol. The van der Waals surface area contributed by atoms with Crippen LogP contribution in [-0.2, 0) is 0 Å². The zero-order chi connectivity index (χ0) is 20.2. The number of aryl methyl sites for hydroxylation is 1. The maximum Gasteiger partial charge on any atom is 0.259 e. The summed E-state index contributed by atoms with van der Waals surface area (Å²) in [6, 6.07) is 16.9. The Kier molecular flexibility index (Phi) is 5.42. The number of nitrogens with zero attached hydrogens (tertiary/aromatic N) is 3. The van der Waals surface area contributed by atoms with Crippen molar-refractivity contribution >= 4 is 17.6 Å². The van der Waals surface area contributed by atoms with Gasteiger partial charge in [-0.25, -0.2) is 4.68 Å². The number of piperidine rings is 1. The minimum Gasteiger partial charge on any atom is -0.338 e. The average Bonchev–Trinajstić information content (AvgIpc) is 3.18. The lowest BCUT2D eigenvalue weighted by Gasteiger charge is -2.26. The minimum absolute atomic E-state index is 0.0913. The Morgan fingerprint density at radius 1 is 0.966 bits per heavy atom. The maximum atomic E-state index is 13.2. The Morgan fingerprint density at radius 2 is 1.72 bits per heavy atom. The molecular formula is C23H24N4O2. The molecule has 0 saturated carbocycles. The first-order valence-corrected chi connectivity index (χ1v) is 9.94. The monoisotopic (exact) mass is 388 g/mol. The molecule has 0 bridgehead atoms. The highest BCUT2D eigenvalue weighted by Crippen LogP contribution is 2.24. The summed E-state index contributed by atoms with van der Waals surface area (Å²) in [6.07, 6.45) is 4.70. The van der Waals surface area contributed by atoms with Crippen molar-refractivity contribution in [2.45, 2.75) is 26.2 Å². The summed E-state index contributed by atoms with van der Waals surface area (Å²) in [5.74, 6) is 0.0452. The Bertz CT molecular complexity index is 1020. The molecule has 0 aliphatic carbocycles. The summed E-state index contributed by atoms with van der Waals surface area (Å²) in [6.45, 7) is 3.41. The Balaban J connectivity index is 1.71. The fraction of sp³-hybridized carbons (Fsp3) is 0.261. The number of benzene rings is 2. The summed E-state index contributed by atoms with van der Waals surface area (Å²) in [5, 5.41) is 7.36. The van der Waals surface area contributed by atoms with Gasteiger partial charge in [-0.3, -0.25) is 9.59 Å². The molecule has 2 amide bonds. The lowest BCUT2D eigenvalue weighted by molar-refractivity contribution is 0.0725. The molecule has 0 spiro atoms. The van der Waals surface area contributed by atoms with E-state index >= 15 is 0 Å². The smallest absolute Gasteiger partial charge is 0.259 e. The first kappa shape index (κ1) is 18.9. The van der Waals surface area contributed by atoms with Crippen molar-refractivity contribution in [1.29, 1.82) is 0 Å². The van der Waals surface area contributed by atoms with Crippen molar-refractivity contribution in [3.8, 4) is 5.69 Å². The average molecular weight is 388 g/mol. The number of nitrogens with one attached hydrogen (secondary N) is 1. The second-order valence-electron chi connectivity index (χ2n) is 7.33. The SMILES string of the molecule is Cc1cccc(C(=O)Nc2c(C(=O)N3CCCCC3)cnn2-c2ccccc2)c1. The van der Waals surface area contributed by atoms with Crippen molar-refractivity contribution in [2.24, 2.45) is 0 Å². The molecule has 0 unspecified atom stereocenters. The molecule has 2 aromatic carbocycles. The Labute approximate surface area is 170 Å². The van der Waals surface area contributed by atoms with Crippen LogP contribution in [0.2, 0.25) is 0 Å². The molecule has 6 heteroatoms. The highest BCUT2D eigenvalue weighted by molar-refractivity contribution is 6.08. The Morgan fingerprint density at radius 3 is 2.45 bits per heavy atom. The summed E-state index contributed by atoms with van der Waals surface area (Å²) in [5.41, 5.74) is 2.74. The van der Waals surface area contributed by atoms with Gasteiger partial charge >= 0.3 is 0 Å². The van der Waals surface area contributed by atoms with Crippen LogP contribution in [0.5, 0.6) is 0 Å². The molecule has 1 saturated heterocycles. The highest BCUT2D eigenvalue weighted by atomic mass is 16.2. The zero-order valence-corrected chi connectivity index (χ0v) is 16.5. The van der Waals surface area contributed by atoms with Crippen LogP contribution < -0.4 is 5.32 Å². The lowest BCUT2D eigenvalue weighted by Crippen LogP contribution is -2.36. The third-order valence-corrected chi connectivity index (χ3v) is 5.16. The van der Waals surface area contributed by atoms with Crippen molar-refractivity contribution in [3.05, 3.63) is 77.5 Å². The number of carbonyl (C=O) groups excluding carboxylic acids is 2. The van der Waals surface area contributed by atoms with Crippen LogP contribution in [0, 0.1) is 6.92 Å². The summed E-state index contributed by atoms with van der Waals surface area (Å²) >= 11 is 0. The van der Waals surface area contributed by atoms with Crippen LogP contribution in [-0.4, -0.2) is 39.6 Å². The molecule has 0 atom stereocenters. The van der Waals surface area contributed by atoms with Gasteiger partial charge in [0, 0.05) is 18.7 Å². The zero-order valence-electron chi connectivity index (χ0n) is 16.5. The summed E-state index contributed by atoms with van der Waals surface area (Å²) in [7, 11) is 0. The minimum atomic E-state index is -0.265. The van der Waals surface area contributed by atoms with Gasteiger partial charge in [-0.1, -0.05) is 35.9 Å². The van der Waals surface area contributed by atoms with Crippen molar-refractivity contribution < 1.29 is 9.59 Å². The predicted octanol–water partition coefficient (Wildman–Crippen LogP) is 4.06. The van der Waals surface area contributed by atoms with Crippen molar-refractivity contribution in [1.82, 2.24) is 14.7 Å². The van der Waals surface area contributed by atoms with Gasteiger partial charge in [0.15, 0.2) is 0 Å². The Hall–Kier alpha value is -3.41. The number of anilines is 1. The number of carbonyl (C=O) groups is 2. The molecule has 3 aromatic rings.